The lowest BCUT2D eigenvalue weighted by Gasteiger charge is -2.19. The predicted octanol–water partition coefficient (Wildman–Crippen LogP) is 5.75. The number of nitrogens with one attached hydrogen (secondary N) is 1. The molecule has 170 valence electrons. The van der Waals surface area contributed by atoms with E-state index in [2.05, 4.69) is 48.4 Å². The maximum atomic E-state index is 13.8. The van der Waals surface area contributed by atoms with Crippen LogP contribution in [0.25, 0.3) is 11.4 Å². The van der Waals surface area contributed by atoms with Gasteiger partial charge in [0.2, 0.25) is 5.91 Å². The van der Waals surface area contributed by atoms with Crippen LogP contribution in [0.1, 0.15) is 32.1 Å². The Morgan fingerprint density at radius 2 is 1.82 bits per heavy atom. The maximum absolute atomic E-state index is 13.8. The Kier molecular flexibility index (Phi) is 6.65. The van der Waals surface area contributed by atoms with Crippen molar-refractivity contribution in [2.75, 3.05) is 11.1 Å². The van der Waals surface area contributed by atoms with Crippen molar-refractivity contribution in [2.24, 2.45) is 0 Å². The number of amides is 1. The summed E-state index contributed by atoms with van der Waals surface area (Å²) in [6.07, 6.45) is 1.62. The summed E-state index contributed by atoms with van der Waals surface area (Å²) in [6, 6.07) is 18.0. The van der Waals surface area contributed by atoms with E-state index in [1.54, 1.807) is 18.4 Å². The number of para-hydroxylation sites is 1. The van der Waals surface area contributed by atoms with Gasteiger partial charge in [-0.1, -0.05) is 68.9 Å². The highest BCUT2D eigenvalue weighted by Crippen LogP contribution is 2.28. The third-order valence-electron chi connectivity index (χ3n) is 5.10. The summed E-state index contributed by atoms with van der Waals surface area (Å²) in [5.74, 6) is 0.698. The van der Waals surface area contributed by atoms with E-state index < -0.39 is 5.82 Å². The number of rotatable bonds is 7. The molecule has 0 aliphatic rings. The number of hydrogen-bond donors (Lipinski definition) is 1. The van der Waals surface area contributed by atoms with E-state index in [0.717, 1.165) is 11.3 Å². The Balaban J connectivity index is 1.56. The molecule has 2 heterocycles. The van der Waals surface area contributed by atoms with Gasteiger partial charge >= 0.3 is 0 Å². The van der Waals surface area contributed by atoms with Crippen molar-refractivity contribution in [1.29, 1.82) is 0 Å². The highest BCUT2D eigenvalue weighted by molar-refractivity contribution is 7.99. The van der Waals surface area contributed by atoms with Crippen LogP contribution in [0.3, 0.4) is 0 Å². The highest BCUT2D eigenvalue weighted by Gasteiger charge is 2.19. The van der Waals surface area contributed by atoms with Gasteiger partial charge in [0.05, 0.1) is 24.2 Å². The quantitative estimate of drug-likeness (QED) is 0.352. The second-order valence-electron chi connectivity index (χ2n) is 8.62. The van der Waals surface area contributed by atoms with Crippen LogP contribution in [-0.2, 0) is 16.8 Å². The Labute approximate surface area is 196 Å². The lowest BCUT2D eigenvalue weighted by molar-refractivity contribution is -0.113. The highest BCUT2D eigenvalue weighted by atomic mass is 32.2. The molecule has 8 heteroatoms. The van der Waals surface area contributed by atoms with Crippen molar-refractivity contribution in [3.8, 4) is 11.4 Å². The summed E-state index contributed by atoms with van der Waals surface area (Å²) >= 11 is 1.24. The first-order valence-electron chi connectivity index (χ1n) is 10.5. The lowest BCUT2D eigenvalue weighted by Crippen LogP contribution is -2.15. The Bertz CT molecular complexity index is 1230. The van der Waals surface area contributed by atoms with Gasteiger partial charge in [-0.2, -0.15) is 0 Å². The molecule has 0 bridgehead atoms. The summed E-state index contributed by atoms with van der Waals surface area (Å²) in [5, 5.41) is 11.9. The van der Waals surface area contributed by atoms with Crippen molar-refractivity contribution in [1.82, 2.24) is 14.8 Å². The number of benzene rings is 2. The van der Waals surface area contributed by atoms with Gasteiger partial charge in [-0.3, -0.25) is 9.36 Å². The van der Waals surface area contributed by atoms with Crippen LogP contribution >= 0.6 is 11.8 Å². The average molecular weight is 465 g/mol. The fraction of sp³-hybridized carbons (Fsp3) is 0.240. The molecule has 1 N–H and O–H groups in total. The molecule has 2 aromatic carbocycles. The van der Waals surface area contributed by atoms with Crippen LogP contribution in [0.2, 0.25) is 0 Å². The number of carbonyl (C=O) groups is 1. The van der Waals surface area contributed by atoms with E-state index in [-0.39, 0.29) is 22.8 Å². The molecule has 2 aromatic heterocycles. The molecular formula is C25H25FN4O2S. The zero-order chi connectivity index (χ0) is 23.4. The van der Waals surface area contributed by atoms with Crippen molar-refractivity contribution in [3.63, 3.8) is 0 Å². The summed E-state index contributed by atoms with van der Waals surface area (Å²) in [4.78, 5) is 12.4. The molecular weight excluding hydrogens is 439 g/mol. The van der Waals surface area contributed by atoms with Gasteiger partial charge in [0, 0.05) is 5.56 Å². The van der Waals surface area contributed by atoms with Crippen LogP contribution in [0.5, 0.6) is 0 Å². The van der Waals surface area contributed by atoms with Gasteiger partial charge in [-0.15, -0.1) is 10.2 Å². The van der Waals surface area contributed by atoms with E-state index >= 15 is 0 Å². The number of hydrogen-bond acceptors (Lipinski definition) is 5. The molecule has 0 aliphatic heterocycles. The van der Waals surface area contributed by atoms with Crippen molar-refractivity contribution >= 4 is 23.4 Å². The molecule has 4 rings (SSSR count). The zero-order valence-corrected chi connectivity index (χ0v) is 19.5. The summed E-state index contributed by atoms with van der Waals surface area (Å²) < 4.78 is 21.3. The van der Waals surface area contributed by atoms with Gasteiger partial charge in [0.1, 0.15) is 11.6 Å². The molecule has 0 saturated heterocycles. The van der Waals surface area contributed by atoms with E-state index in [4.69, 9.17) is 4.42 Å². The maximum Gasteiger partial charge on any atom is 0.234 e. The standard InChI is InChI=1S/C25H25FN4O2S/c1-25(2,3)18-12-10-17(11-13-18)23-28-29-24(30(23)15-19-7-6-14-32-19)33-16-22(31)27-21-9-5-4-8-20(21)26/h4-14H,15-16H2,1-3H3,(H,27,31). The van der Waals surface area contributed by atoms with Gasteiger partial charge < -0.3 is 9.73 Å². The first kappa shape index (κ1) is 22.8. The SMILES string of the molecule is CC(C)(C)c1ccc(-c2nnc(SCC(=O)Nc3ccccc3F)n2Cc2ccco2)cc1. The summed E-state index contributed by atoms with van der Waals surface area (Å²) in [7, 11) is 0. The van der Waals surface area contributed by atoms with Crippen LogP contribution in [-0.4, -0.2) is 26.4 Å². The third-order valence-corrected chi connectivity index (χ3v) is 6.07. The second kappa shape index (κ2) is 9.62. The minimum atomic E-state index is -0.474. The van der Waals surface area contributed by atoms with E-state index in [9.17, 15) is 9.18 Å². The molecule has 4 aromatic rings. The molecule has 0 radical (unpaired) electrons. The summed E-state index contributed by atoms with van der Waals surface area (Å²) in [5.41, 5.74) is 2.35. The number of anilines is 1. The molecule has 0 fully saturated rings. The molecule has 0 atom stereocenters. The molecule has 0 spiro atoms. The van der Waals surface area contributed by atoms with E-state index in [0.29, 0.717) is 17.5 Å². The molecule has 1 amide bonds. The largest absolute Gasteiger partial charge is 0.467 e. The average Bonchev–Trinajstić information content (AvgIpc) is 3.44. The van der Waals surface area contributed by atoms with Crippen LogP contribution in [0.15, 0.2) is 76.5 Å². The Hall–Kier alpha value is -3.39. The minimum Gasteiger partial charge on any atom is -0.467 e. The number of halogens is 1. The second-order valence-corrected chi connectivity index (χ2v) is 9.56. The van der Waals surface area contributed by atoms with E-state index in [1.165, 1.54) is 29.5 Å². The van der Waals surface area contributed by atoms with Gasteiger partial charge in [0.15, 0.2) is 11.0 Å². The van der Waals surface area contributed by atoms with Gasteiger partial charge in [-0.05, 0) is 35.2 Å². The summed E-state index contributed by atoms with van der Waals surface area (Å²) in [6.45, 7) is 6.93. The number of thioether (sulfide) groups is 1. The van der Waals surface area contributed by atoms with Crippen LogP contribution in [0.4, 0.5) is 10.1 Å². The number of furan rings is 1. The van der Waals surface area contributed by atoms with Crippen LogP contribution < -0.4 is 5.32 Å². The molecule has 0 unspecified atom stereocenters. The fourth-order valence-corrected chi connectivity index (χ4v) is 4.05. The topological polar surface area (TPSA) is 73.0 Å². The number of nitrogens with zero attached hydrogens (tertiary/aromatic N) is 3. The number of carbonyl (C=O) groups excluding carboxylic acids is 1. The fourth-order valence-electron chi connectivity index (χ4n) is 3.31. The monoisotopic (exact) mass is 464 g/mol. The molecule has 0 saturated carbocycles. The predicted molar refractivity (Wildman–Crippen MR) is 128 cm³/mol. The first-order valence-corrected chi connectivity index (χ1v) is 11.5. The lowest BCUT2D eigenvalue weighted by atomic mass is 9.87. The Morgan fingerprint density at radius 3 is 2.48 bits per heavy atom. The minimum absolute atomic E-state index is 0.0486. The Morgan fingerprint density at radius 1 is 1.06 bits per heavy atom. The molecule has 0 aliphatic carbocycles. The van der Waals surface area contributed by atoms with E-state index in [1.807, 2.05) is 28.8 Å². The molecule has 33 heavy (non-hydrogen) atoms. The van der Waals surface area contributed by atoms with Crippen molar-refractivity contribution in [2.45, 2.75) is 37.9 Å². The van der Waals surface area contributed by atoms with Gasteiger partial charge in [-0.25, -0.2) is 4.39 Å². The van der Waals surface area contributed by atoms with Crippen molar-refractivity contribution < 1.29 is 13.6 Å². The smallest absolute Gasteiger partial charge is 0.234 e. The van der Waals surface area contributed by atoms with Gasteiger partial charge in [0.25, 0.3) is 0 Å². The zero-order valence-electron chi connectivity index (χ0n) is 18.7. The third kappa shape index (κ3) is 5.51. The normalized spacial score (nSPS) is 11.5. The first-order chi connectivity index (χ1) is 15.8. The van der Waals surface area contributed by atoms with Crippen LogP contribution in [0, 0.1) is 5.82 Å². The number of aromatic nitrogens is 3. The van der Waals surface area contributed by atoms with Crippen molar-refractivity contribution in [3.05, 3.63) is 84.1 Å². The molecule has 6 nitrogen and oxygen atoms in total.